The zero-order valence-electron chi connectivity index (χ0n) is 17.3. The SMILES string of the molecule is COc1ccc(-n2c(SCc3cnc(-c4ccccc4)o3)nc3ccccc3c2=O)cc1. The third-order valence-electron chi connectivity index (χ3n) is 4.99. The van der Waals surface area contributed by atoms with Gasteiger partial charge < -0.3 is 9.15 Å². The average molecular weight is 442 g/mol. The number of methoxy groups -OCH3 is 1. The minimum absolute atomic E-state index is 0.120. The molecule has 158 valence electrons. The van der Waals surface area contributed by atoms with Crippen LogP contribution < -0.4 is 10.3 Å². The minimum Gasteiger partial charge on any atom is -0.497 e. The van der Waals surface area contributed by atoms with Crippen LogP contribution in [-0.2, 0) is 5.75 Å². The van der Waals surface area contributed by atoms with Gasteiger partial charge in [-0.05, 0) is 48.5 Å². The Bertz CT molecular complexity index is 1430. The van der Waals surface area contributed by atoms with Crippen molar-refractivity contribution in [2.45, 2.75) is 10.9 Å². The van der Waals surface area contributed by atoms with Crippen LogP contribution in [0.3, 0.4) is 0 Å². The fourth-order valence-corrected chi connectivity index (χ4v) is 4.28. The van der Waals surface area contributed by atoms with E-state index in [1.54, 1.807) is 23.9 Å². The smallest absolute Gasteiger partial charge is 0.266 e. The summed E-state index contributed by atoms with van der Waals surface area (Å²) in [7, 11) is 1.61. The number of para-hydroxylation sites is 1. The van der Waals surface area contributed by atoms with E-state index in [4.69, 9.17) is 14.1 Å². The molecule has 0 unspecified atom stereocenters. The Labute approximate surface area is 188 Å². The number of fused-ring (bicyclic) bond motifs is 1. The molecule has 2 heterocycles. The van der Waals surface area contributed by atoms with Gasteiger partial charge in [0.05, 0.1) is 35.6 Å². The van der Waals surface area contributed by atoms with Crippen LogP contribution in [-0.4, -0.2) is 21.6 Å². The van der Waals surface area contributed by atoms with Crippen molar-refractivity contribution in [3.05, 3.63) is 101 Å². The molecule has 0 N–H and O–H groups in total. The first-order valence-corrected chi connectivity index (χ1v) is 11.0. The molecule has 0 aliphatic carbocycles. The van der Waals surface area contributed by atoms with Crippen LogP contribution in [0.15, 0.2) is 99.4 Å². The zero-order valence-corrected chi connectivity index (χ0v) is 18.1. The largest absolute Gasteiger partial charge is 0.497 e. The van der Waals surface area contributed by atoms with Gasteiger partial charge in [0.1, 0.15) is 11.5 Å². The standard InChI is InChI=1S/C25H19N3O3S/c1-30-19-13-11-18(12-14-19)28-24(29)21-9-5-6-10-22(21)27-25(28)32-16-20-15-26-23(31-20)17-7-3-2-4-8-17/h2-15H,16H2,1H3. The first-order valence-electron chi connectivity index (χ1n) is 10.0. The summed E-state index contributed by atoms with van der Waals surface area (Å²) < 4.78 is 12.8. The van der Waals surface area contributed by atoms with E-state index >= 15 is 0 Å². The van der Waals surface area contributed by atoms with Gasteiger partial charge in [0.25, 0.3) is 5.56 Å². The second-order valence-electron chi connectivity index (χ2n) is 7.04. The fraction of sp³-hybridized carbons (Fsp3) is 0.0800. The molecular formula is C25H19N3O3S. The second-order valence-corrected chi connectivity index (χ2v) is 7.98. The van der Waals surface area contributed by atoms with Crippen molar-refractivity contribution in [2.24, 2.45) is 0 Å². The number of oxazole rings is 1. The predicted octanol–water partition coefficient (Wildman–Crippen LogP) is 5.34. The summed E-state index contributed by atoms with van der Waals surface area (Å²) in [4.78, 5) is 22.5. The third-order valence-corrected chi connectivity index (χ3v) is 5.95. The summed E-state index contributed by atoms with van der Waals surface area (Å²) in [6.07, 6.45) is 1.71. The molecule has 5 aromatic rings. The highest BCUT2D eigenvalue weighted by Crippen LogP contribution is 2.27. The van der Waals surface area contributed by atoms with Gasteiger partial charge in [0, 0.05) is 5.56 Å². The van der Waals surface area contributed by atoms with Crippen molar-refractivity contribution < 1.29 is 9.15 Å². The van der Waals surface area contributed by atoms with Crippen LogP contribution in [0.2, 0.25) is 0 Å². The molecule has 0 fully saturated rings. The Hall–Kier alpha value is -3.84. The summed E-state index contributed by atoms with van der Waals surface area (Å²) >= 11 is 1.43. The van der Waals surface area contributed by atoms with Gasteiger partial charge in [0.15, 0.2) is 5.16 Å². The molecule has 0 radical (unpaired) electrons. The number of hydrogen-bond acceptors (Lipinski definition) is 6. The van der Waals surface area contributed by atoms with Gasteiger partial charge in [-0.1, -0.05) is 42.1 Å². The molecule has 0 bridgehead atoms. The fourth-order valence-electron chi connectivity index (χ4n) is 3.39. The van der Waals surface area contributed by atoms with Gasteiger partial charge >= 0.3 is 0 Å². The second kappa shape index (κ2) is 8.72. The van der Waals surface area contributed by atoms with Crippen LogP contribution in [0.25, 0.3) is 28.0 Å². The number of ether oxygens (including phenoxy) is 1. The van der Waals surface area contributed by atoms with Crippen molar-refractivity contribution in [3.8, 4) is 22.9 Å². The van der Waals surface area contributed by atoms with Crippen LogP contribution in [0.5, 0.6) is 5.75 Å². The molecule has 0 aliphatic heterocycles. The van der Waals surface area contributed by atoms with Crippen LogP contribution in [0.1, 0.15) is 5.76 Å². The topological polar surface area (TPSA) is 70.2 Å². The van der Waals surface area contributed by atoms with E-state index in [2.05, 4.69) is 4.98 Å². The lowest BCUT2D eigenvalue weighted by atomic mass is 10.2. The van der Waals surface area contributed by atoms with Crippen molar-refractivity contribution in [2.75, 3.05) is 7.11 Å². The predicted molar refractivity (Wildman–Crippen MR) is 125 cm³/mol. The van der Waals surface area contributed by atoms with E-state index in [9.17, 15) is 4.79 Å². The van der Waals surface area contributed by atoms with Crippen LogP contribution >= 0.6 is 11.8 Å². The Morgan fingerprint density at radius 2 is 1.72 bits per heavy atom. The molecule has 0 saturated heterocycles. The Morgan fingerprint density at radius 3 is 2.50 bits per heavy atom. The van der Waals surface area contributed by atoms with Gasteiger partial charge in [-0.25, -0.2) is 9.97 Å². The first kappa shape index (κ1) is 20.1. The molecule has 0 saturated carbocycles. The quantitative estimate of drug-likeness (QED) is 0.262. The highest BCUT2D eigenvalue weighted by atomic mass is 32.2. The molecule has 0 atom stereocenters. The highest BCUT2D eigenvalue weighted by molar-refractivity contribution is 7.98. The average Bonchev–Trinajstić information content (AvgIpc) is 3.33. The Kier molecular flexibility index (Phi) is 5.47. The molecule has 2 aromatic heterocycles. The maximum Gasteiger partial charge on any atom is 0.266 e. The monoisotopic (exact) mass is 441 g/mol. The van der Waals surface area contributed by atoms with Crippen LogP contribution in [0.4, 0.5) is 0 Å². The first-order chi connectivity index (χ1) is 15.7. The van der Waals surface area contributed by atoms with Gasteiger partial charge in [0.2, 0.25) is 5.89 Å². The number of hydrogen-bond donors (Lipinski definition) is 0. The van der Waals surface area contributed by atoms with Crippen molar-refractivity contribution in [1.82, 2.24) is 14.5 Å². The zero-order chi connectivity index (χ0) is 21.9. The van der Waals surface area contributed by atoms with Gasteiger partial charge in [-0.15, -0.1) is 0 Å². The molecule has 0 amide bonds. The minimum atomic E-state index is -0.120. The number of rotatable bonds is 6. The lowest BCUT2D eigenvalue weighted by Gasteiger charge is -2.13. The lowest BCUT2D eigenvalue weighted by molar-refractivity contribution is 0.414. The molecular weight excluding hydrogens is 422 g/mol. The molecule has 32 heavy (non-hydrogen) atoms. The summed E-state index contributed by atoms with van der Waals surface area (Å²) in [5.74, 6) is 2.48. The number of thioether (sulfide) groups is 1. The van der Waals surface area contributed by atoms with Crippen molar-refractivity contribution >= 4 is 22.7 Å². The summed E-state index contributed by atoms with van der Waals surface area (Å²) in [6.45, 7) is 0. The van der Waals surface area contributed by atoms with Crippen molar-refractivity contribution in [1.29, 1.82) is 0 Å². The highest BCUT2D eigenvalue weighted by Gasteiger charge is 2.15. The van der Waals surface area contributed by atoms with E-state index < -0.39 is 0 Å². The lowest BCUT2D eigenvalue weighted by Crippen LogP contribution is -2.21. The maximum absolute atomic E-state index is 13.3. The summed E-state index contributed by atoms with van der Waals surface area (Å²) in [5, 5.41) is 1.15. The van der Waals surface area contributed by atoms with E-state index in [1.165, 1.54) is 11.8 Å². The Balaban J connectivity index is 1.51. The van der Waals surface area contributed by atoms with E-state index in [-0.39, 0.29) is 5.56 Å². The molecule has 0 spiro atoms. The Morgan fingerprint density at radius 1 is 0.969 bits per heavy atom. The van der Waals surface area contributed by atoms with Crippen molar-refractivity contribution in [3.63, 3.8) is 0 Å². The molecule has 7 heteroatoms. The van der Waals surface area contributed by atoms with E-state index in [1.807, 2.05) is 72.8 Å². The number of nitrogens with zero attached hydrogens (tertiary/aromatic N) is 3. The van der Waals surface area contributed by atoms with Gasteiger partial charge in [-0.2, -0.15) is 0 Å². The molecule has 5 rings (SSSR count). The summed E-state index contributed by atoms with van der Waals surface area (Å²) in [6, 6.07) is 24.5. The molecule has 3 aromatic carbocycles. The maximum atomic E-state index is 13.3. The van der Waals surface area contributed by atoms with E-state index in [0.29, 0.717) is 33.5 Å². The van der Waals surface area contributed by atoms with Crippen LogP contribution in [0, 0.1) is 0 Å². The molecule has 6 nitrogen and oxygen atoms in total. The third kappa shape index (κ3) is 3.90. The normalized spacial score (nSPS) is 11.0. The van der Waals surface area contributed by atoms with E-state index in [0.717, 1.165) is 17.0 Å². The number of benzene rings is 3. The number of aromatic nitrogens is 3. The van der Waals surface area contributed by atoms with Gasteiger partial charge in [-0.3, -0.25) is 9.36 Å². The summed E-state index contributed by atoms with van der Waals surface area (Å²) in [5.41, 5.74) is 2.18. The molecule has 0 aliphatic rings.